The Morgan fingerprint density at radius 3 is 2.00 bits per heavy atom. The fourth-order valence-electron chi connectivity index (χ4n) is 4.36. The number of ether oxygens (including phenoxy) is 1. The van der Waals surface area contributed by atoms with E-state index in [4.69, 9.17) is 4.74 Å². The molecule has 1 N–H and O–H groups in total. The first-order valence-corrected chi connectivity index (χ1v) is 11.9. The Morgan fingerprint density at radius 1 is 0.800 bits per heavy atom. The van der Waals surface area contributed by atoms with Gasteiger partial charge in [0.1, 0.15) is 0 Å². The summed E-state index contributed by atoms with van der Waals surface area (Å²) in [5.41, 5.74) is 4.77. The maximum absolute atomic E-state index is 13.0. The Balaban J connectivity index is 1.24. The third kappa shape index (κ3) is 5.73. The van der Waals surface area contributed by atoms with E-state index in [2.05, 4.69) is 44.7 Å². The van der Waals surface area contributed by atoms with Crippen LogP contribution in [0.5, 0.6) is 0 Å². The predicted molar refractivity (Wildman–Crippen MR) is 138 cm³/mol. The van der Waals surface area contributed by atoms with Crippen LogP contribution in [0.3, 0.4) is 0 Å². The molecule has 1 aliphatic heterocycles. The smallest absolute Gasteiger partial charge is 0.225 e. The lowest BCUT2D eigenvalue weighted by molar-refractivity contribution is -0.116. The fraction of sp³-hybridized carbons (Fsp3) is 0.207. The third-order valence-corrected chi connectivity index (χ3v) is 6.24. The zero-order valence-corrected chi connectivity index (χ0v) is 19.5. The van der Waals surface area contributed by atoms with Crippen molar-refractivity contribution >= 4 is 17.4 Å². The minimum absolute atomic E-state index is 0.00284. The number of benzene rings is 3. The van der Waals surface area contributed by atoms with Crippen molar-refractivity contribution in [2.24, 2.45) is 0 Å². The van der Waals surface area contributed by atoms with Crippen molar-refractivity contribution < 1.29 is 9.53 Å². The second-order valence-electron chi connectivity index (χ2n) is 8.58. The number of rotatable bonds is 7. The number of hydrogen-bond donors (Lipinski definition) is 1. The summed E-state index contributed by atoms with van der Waals surface area (Å²) in [5, 5.41) is 11.8. The highest BCUT2D eigenvalue weighted by Gasteiger charge is 2.18. The normalized spacial score (nSPS) is 13.6. The lowest BCUT2D eigenvalue weighted by Crippen LogP contribution is -2.36. The van der Waals surface area contributed by atoms with Gasteiger partial charge in [0.25, 0.3) is 0 Å². The topological polar surface area (TPSA) is 67.4 Å². The standard InChI is InChI=1S/C29H28N4O2/c34-29(21-26(22-7-3-1-4-8-22)23-9-5-2-6-10-23)30-25-13-11-24(12-14-25)27-15-16-28(32-31-27)33-17-19-35-20-18-33/h1-16,26H,17-21H2,(H,30,34). The van der Waals surface area contributed by atoms with Gasteiger partial charge in [-0.15, -0.1) is 10.2 Å². The summed E-state index contributed by atoms with van der Waals surface area (Å²) in [7, 11) is 0. The number of aromatic nitrogens is 2. The monoisotopic (exact) mass is 464 g/mol. The molecule has 0 spiro atoms. The van der Waals surface area contributed by atoms with Gasteiger partial charge in [-0.2, -0.15) is 0 Å². The van der Waals surface area contributed by atoms with Crippen molar-refractivity contribution in [1.29, 1.82) is 0 Å². The molecule has 6 nitrogen and oxygen atoms in total. The highest BCUT2D eigenvalue weighted by molar-refractivity contribution is 5.91. The lowest BCUT2D eigenvalue weighted by atomic mass is 9.88. The summed E-state index contributed by atoms with van der Waals surface area (Å²) < 4.78 is 5.40. The molecular formula is C29H28N4O2. The zero-order valence-electron chi connectivity index (χ0n) is 19.5. The van der Waals surface area contributed by atoms with E-state index >= 15 is 0 Å². The molecular weight excluding hydrogens is 436 g/mol. The Bertz CT molecular complexity index is 1180. The van der Waals surface area contributed by atoms with E-state index in [1.807, 2.05) is 72.8 Å². The van der Waals surface area contributed by atoms with Crippen molar-refractivity contribution in [3.63, 3.8) is 0 Å². The van der Waals surface area contributed by atoms with Crippen LogP contribution >= 0.6 is 0 Å². The summed E-state index contributed by atoms with van der Waals surface area (Å²) >= 11 is 0. The predicted octanol–water partition coefficient (Wildman–Crippen LogP) is 5.14. The van der Waals surface area contributed by atoms with Crippen LogP contribution in [0.2, 0.25) is 0 Å². The molecule has 176 valence electrons. The van der Waals surface area contributed by atoms with Gasteiger partial charge < -0.3 is 15.0 Å². The van der Waals surface area contributed by atoms with E-state index in [9.17, 15) is 4.79 Å². The maximum Gasteiger partial charge on any atom is 0.225 e. The summed E-state index contributed by atoms with van der Waals surface area (Å²) in [6.07, 6.45) is 0.365. The first-order chi connectivity index (χ1) is 17.3. The fourth-order valence-corrected chi connectivity index (χ4v) is 4.36. The second-order valence-corrected chi connectivity index (χ2v) is 8.58. The molecule has 1 amide bonds. The molecule has 3 aromatic carbocycles. The summed E-state index contributed by atoms with van der Waals surface area (Å²) in [5.74, 6) is 0.842. The van der Waals surface area contributed by atoms with Crippen LogP contribution in [0.4, 0.5) is 11.5 Å². The third-order valence-electron chi connectivity index (χ3n) is 6.24. The summed E-state index contributed by atoms with van der Waals surface area (Å²) in [4.78, 5) is 15.1. The SMILES string of the molecule is O=C(CC(c1ccccc1)c1ccccc1)Nc1ccc(-c2ccc(N3CCOCC3)nn2)cc1. The van der Waals surface area contributed by atoms with Crippen LogP contribution in [0, 0.1) is 0 Å². The molecule has 1 fully saturated rings. The van der Waals surface area contributed by atoms with Crippen LogP contribution in [0.25, 0.3) is 11.3 Å². The minimum Gasteiger partial charge on any atom is -0.378 e. The number of hydrogen-bond acceptors (Lipinski definition) is 5. The molecule has 1 saturated heterocycles. The van der Waals surface area contributed by atoms with Gasteiger partial charge in [0, 0.05) is 36.7 Å². The quantitative estimate of drug-likeness (QED) is 0.410. The molecule has 2 heterocycles. The Morgan fingerprint density at radius 2 is 1.43 bits per heavy atom. The van der Waals surface area contributed by atoms with Gasteiger partial charge in [-0.05, 0) is 35.4 Å². The van der Waals surface area contributed by atoms with E-state index in [0.717, 1.165) is 47.0 Å². The molecule has 0 atom stereocenters. The molecule has 0 unspecified atom stereocenters. The highest BCUT2D eigenvalue weighted by atomic mass is 16.5. The maximum atomic E-state index is 13.0. The van der Waals surface area contributed by atoms with Gasteiger partial charge in [-0.25, -0.2) is 0 Å². The van der Waals surface area contributed by atoms with Gasteiger partial charge >= 0.3 is 0 Å². The number of carbonyl (C=O) groups is 1. The van der Waals surface area contributed by atoms with E-state index < -0.39 is 0 Å². The molecule has 0 saturated carbocycles. The molecule has 5 rings (SSSR count). The molecule has 6 heteroatoms. The van der Waals surface area contributed by atoms with Crippen LogP contribution in [-0.4, -0.2) is 42.4 Å². The number of nitrogens with one attached hydrogen (secondary N) is 1. The summed E-state index contributed by atoms with van der Waals surface area (Å²) in [6.45, 7) is 3.10. The number of carbonyl (C=O) groups excluding carboxylic acids is 1. The van der Waals surface area contributed by atoms with Crippen LogP contribution < -0.4 is 10.2 Å². The van der Waals surface area contributed by atoms with E-state index in [1.54, 1.807) is 0 Å². The van der Waals surface area contributed by atoms with Gasteiger partial charge in [0.05, 0.1) is 18.9 Å². The Kier molecular flexibility index (Phi) is 7.10. The van der Waals surface area contributed by atoms with Crippen LogP contribution in [0.1, 0.15) is 23.5 Å². The summed E-state index contributed by atoms with van der Waals surface area (Å²) in [6, 6.07) is 32.0. The number of nitrogens with zero attached hydrogens (tertiary/aromatic N) is 3. The first-order valence-electron chi connectivity index (χ1n) is 11.9. The minimum atomic E-state index is -0.0230. The highest BCUT2D eigenvalue weighted by Crippen LogP contribution is 2.28. The average Bonchev–Trinajstić information content (AvgIpc) is 2.94. The first kappa shape index (κ1) is 22.7. The molecule has 0 bridgehead atoms. The number of anilines is 2. The van der Waals surface area contributed by atoms with Crippen LogP contribution in [0.15, 0.2) is 97.1 Å². The van der Waals surface area contributed by atoms with Crippen molar-refractivity contribution in [2.45, 2.75) is 12.3 Å². The van der Waals surface area contributed by atoms with Crippen molar-refractivity contribution in [2.75, 3.05) is 36.5 Å². The van der Waals surface area contributed by atoms with Crippen molar-refractivity contribution in [3.05, 3.63) is 108 Å². The Hall–Kier alpha value is -4.03. The molecule has 1 aliphatic rings. The second kappa shape index (κ2) is 10.9. The molecule has 0 radical (unpaired) electrons. The molecule has 0 aliphatic carbocycles. The van der Waals surface area contributed by atoms with Crippen molar-refractivity contribution in [1.82, 2.24) is 10.2 Å². The van der Waals surface area contributed by atoms with Gasteiger partial charge in [-0.3, -0.25) is 4.79 Å². The molecule has 4 aromatic rings. The van der Waals surface area contributed by atoms with E-state index in [0.29, 0.717) is 19.6 Å². The molecule has 35 heavy (non-hydrogen) atoms. The van der Waals surface area contributed by atoms with Gasteiger partial charge in [-0.1, -0.05) is 72.8 Å². The van der Waals surface area contributed by atoms with Gasteiger partial charge in [0.2, 0.25) is 5.91 Å². The van der Waals surface area contributed by atoms with E-state index in [1.165, 1.54) is 0 Å². The van der Waals surface area contributed by atoms with E-state index in [-0.39, 0.29) is 11.8 Å². The van der Waals surface area contributed by atoms with Gasteiger partial charge in [0.15, 0.2) is 5.82 Å². The molecule has 1 aromatic heterocycles. The zero-order chi connectivity index (χ0) is 23.9. The lowest BCUT2D eigenvalue weighted by Gasteiger charge is -2.27. The largest absolute Gasteiger partial charge is 0.378 e. The number of amides is 1. The van der Waals surface area contributed by atoms with Crippen LogP contribution in [-0.2, 0) is 9.53 Å². The van der Waals surface area contributed by atoms with Crippen molar-refractivity contribution in [3.8, 4) is 11.3 Å². The number of morpholine rings is 1. The Labute approximate surface area is 205 Å². The average molecular weight is 465 g/mol.